The largest absolute Gasteiger partial charge is 0.380 e. The highest BCUT2D eigenvalue weighted by molar-refractivity contribution is 5.93. The molecule has 2 rings (SSSR count). The Hall–Kier alpha value is -2.36. The van der Waals surface area contributed by atoms with Crippen LogP contribution in [0, 0.1) is 6.92 Å². The van der Waals surface area contributed by atoms with Gasteiger partial charge >= 0.3 is 0 Å². The van der Waals surface area contributed by atoms with Crippen molar-refractivity contribution in [2.24, 2.45) is 0 Å². The van der Waals surface area contributed by atoms with E-state index in [2.05, 4.69) is 42.5 Å². The Morgan fingerprint density at radius 3 is 2.64 bits per heavy atom. The Morgan fingerprint density at radius 1 is 1.18 bits per heavy atom. The predicted molar refractivity (Wildman–Crippen MR) is 90.0 cm³/mol. The van der Waals surface area contributed by atoms with Gasteiger partial charge in [0.2, 0.25) is 0 Å². The Labute approximate surface area is 132 Å². The number of nitrogens with one attached hydrogen (secondary N) is 2. The number of carbonyl (C=O) groups excluding carboxylic acids is 1. The molecule has 0 bridgehead atoms. The zero-order valence-electron chi connectivity index (χ0n) is 13.6. The second kappa shape index (κ2) is 6.60. The van der Waals surface area contributed by atoms with Gasteiger partial charge < -0.3 is 10.6 Å². The monoisotopic (exact) mass is 297 g/mol. The van der Waals surface area contributed by atoms with E-state index >= 15 is 0 Å². The van der Waals surface area contributed by atoms with E-state index in [9.17, 15) is 4.79 Å². The lowest BCUT2D eigenvalue weighted by Crippen LogP contribution is -2.27. The topological polar surface area (TPSA) is 54.0 Å². The van der Waals surface area contributed by atoms with Crippen molar-refractivity contribution in [3.05, 3.63) is 59.4 Å². The lowest BCUT2D eigenvalue weighted by atomic mass is 10.1. The minimum atomic E-state index is -0.168. The molecule has 2 N–H and O–H groups in total. The van der Waals surface area contributed by atoms with Crippen LogP contribution in [0.25, 0.3) is 0 Å². The Bertz CT molecular complexity index is 659. The Balaban J connectivity index is 2.02. The molecule has 0 aliphatic heterocycles. The molecule has 0 aliphatic carbocycles. The third kappa shape index (κ3) is 4.88. The number of carbonyl (C=O) groups is 1. The lowest BCUT2D eigenvalue weighted by molar-refractivity contribution is 0.0946. The first-order valence-electron chi connectivity index (χ1n) is 7.41. The average molecular weight is 297 g/mol. The van der Waals surface area contributed by atoms with Crippen LogP contribution in [0.15, 0.2) is 42.6 Å². The van der Waals surface area contributed by atoms with E-state index < -0.39 is 0 Å². The zero-order valence-corrected chi connectivity index (χ0v) is 13.6. The van der Waals surface area contributed by atoms with Crippen LogP contribution in [0.3, 0.4) is 0 Å². The van der Waals surface area contributed by atoms with Gasteiger partial charge in [-0.3, -0.25) is 9.78 Å². The van der Waals surface area contributed by atoms with Crippen molar-refractivity contribution < 1.29 is 4.79 Å². The predicted octanol–water partition coefficient (Wildman–Crippen LogP) is 3.53. The molecule has 0 saturated carbocycles. The third-order valence-electron chi connectivity index (χ3n) is 3.05. The van der Waals surface area contributed by atoms with Crippen molar-refractivity contribution in [1.29, 1.82) is 0 Å². The summed E-state index contributed by atoms with van der Waals surface area (Å²) in [5.74, 6) is -0.168. The van der Waals surface area contributed by atoms with Crippen molar-refractivity contribution >= 4 is 11.6 Å². The molecule has 0 spiro atoms. The summed E-state index contributed by atoms with van der Waals surface area (Å²) in [5, 5.41) is 6.24. The molecule has 1 amide bonds. The van der Waals surface area contributed by atoms with Gasteiger partial charge in [-0.25, -0.2) is 0 Å². The van der Waals surface area contributed by atoms with Gasteiger partial charge in [-0.2, -0.15) is 0 Å². The number of hydrogen-bond acceptors (Lipinski definition) is 3. The number of benzene rings is 1. The molecular weight excluding hydrogens is 274 g/mol. The molecule has 4 nitrogen and oxygen atoms in total. The summed E-state index contributed by atoms with van der Waals surface area (Å²) < 4.78 is 0. The van der Waals surface area contributed by atoms with Crippen LogP contribution in [-0.2, 0) is 6.54 Å². The highest BCUT2D eigenvalue weighted by Gasteiger charge is 2.12. The van der Waals surface area contributed by atoms with Gasteiger partial charge in [-0.15, -0.1) is 0 Å². The minimum Gasteiger partial charge on any atom is -0.380 e. The number of rotatable bonds is 4. The van der Waals surface area contributed by atoms with E-state index in [1.165, 1.54) is 5.56 Å². The summed E-state index contributed by atoms with van der Waals surface area (Å²) in [6.45, 7) is 8.76. The summed E-state index contributed by atoms with van der Waals surface area (Å²) in [5.41, 5.74) is 3.51. The second-order valence-electron chi connectivity index (χ2n) is 6.48. The van der Waals surface area contributed by atoms with Crippen LogP contribution in [0.4, 0.5) is 5.69 Å². The van der Waals surface area contributed by atoms with Gasteiger partial charge in [0.05, 0.1) is 0 Å². The van der Waals surface area contributed by atoms with E-state index in [1.807, 2.05) is 31.2 Å². The Kier molecular flexibility index (Phi) is 4.81. The molecule has 1 aromatic heterocycles. The standard InChI is InChI=1S/C18H23N3O/c1-13-6-5-7-14(10-13)12-20-17(22)16-11-15(8-9-19-16)21-18(2,3)4/h5-11H,12H2,1-4H3,(H,19,21)(H,20,22). The molecule has 116 valence electrons. The maximum Gasteiger partial charge on any atom is 0.270 e. The summed E-state index contributed by atoms with van der Waals surface area (Å²) in [4.78, 5) is 16.4. The van der Waals surface area contributed by atoms with E-state index in [-0.39, 0.29) is 11.4 Å². The maximum atomic E-state index is 12.2. The number of aromatic nitrogens is 1. The third-order valence-corrected chi connectivity index (χ3v) is 3.05. The lowest BCUT2D eigenvalue weighted by Gasteiger charge is -2.22. The van der Waals surface area contributed by atoms with E-state index in [0.717, 1.165) is 11.3 Å². The number of hydrogen-bond donors (Lipinski definition) is 2. The second-order valence-corrected chi connectivity index (χ2v) is 6.48. The molecule has 4 heteroatoms. The van der Waals surface area contributed by atoms with Crippen LogP contribution < -0.4 is 10.6 Å². The highest BCUT2D eigenvalue weighted by atomic mass is 16.1. The van der Waals surface area contributed by atoms with Crippen LogP contribution in [0.1, 0.15) is 42.4 Å². The fraction of sp³-hybridized carbons (Fsp3) is 0.333. The number of pyridine rings is 1. The quantitative estimate of drug-likeness (QED) is 0.907. The molecule has 1 heterocycles. The first-order chi connectivity index (χ1) is 10.3. The molecule has 0 saturated heterocycles. The van der Waals surface area contributed by atoms with Crippen molar-refractivity contribution in [2.75, 3.05) is 5.32 Å². The van der Waals surface area contributed by atoms with Gasteiger partial charge in [-0.1, -0.05) is 29.8 Å². The van der Waals surface area contributed by atoms with Crippen molar-refractivity contribution in [2.45, 2.75) is 39.8 Å². The van der Waals surface area contributed by atoms with Gasteiger partial charge in [0.15, 0.2) is 0 Å². The summed E-state index contributed by atoms with van der Waals surface area (Å²) in [6.07, 6.45) is 1.65. The van der Waals surface area contributed by atoms with Crippen LogP contribution >= 0.6 is 0 Å². The highest BCUT2D eigenvalue weighted by Crippen LogP contribution is 2.14. The van der Waals surface area contributed by atoms with Crippen molar-refractivity contribution in [3.8, 4) is 0 Å². The molecule has 0 fully saturated rings. The van der Waals surface area contributed by atoms with Gasteiger partial charge in [0, 0.05) is 24.0 Å². The number of aryl methyl sites for hydroxylation is 1. The molecule has 0 aliphatic rings. The SMILES string of the molecule is Cc1cccc(CNC(=O)c2cc(NC(C)(C)C)ccn2)c1. The van der Waals surface area contributed by atoms with Crippen LogP contribution in [0.5, 0.6) is 0 Å². The molecule has 0 unspecified atom stereocenters. The van der Waals surface area contributed by atoms with E-state index in [1.54, 1.807) is 12.3 Å². The first-order valence-corrected chi connectivity index (χ1v) is 7.41. The van der Waals surface area contributed by atoms with Gasteiger partial charge in [0.1, 0.15) is 5.69 Å². The van der Waals surface area contributed by atoms with E-state index in [4.69, 9.17) is 0 Å². The van der Waals surface area contributed by atoms with Gasteiger partial charge in [0.25, 0.3) is 5.91 Å². The maximum absolute atomic E-state index is 12.2. The smallest absolute Gasteiger partial charge is 0.270 e. The number of anilines is 1. The molecule has 0 atom stereocenters. The van der Waals surface area contributed by atoms with Crippen LogP contribution in [-0.4, -0.2) is 16.4 Å². The molecule has 0 radical (unpaired) electrons. The van der Waals surface area contributed by atoms with Crippen molar-refractivity contribution in [1.82, 2.24) is 10.3 Å². The average Bonchev–Trinajstić information content (AvgIpc) is 2.43. The number of amides is 1. The molecule has 1 aromatic carbocycles. The zero-order chi connectivity index (χ0) is 16.2. The minimum absolute atomic E-state index is 0.0589. The molecule has 2 aromatic rings. The summed E-state index contributed by atoms with van der Waals surface area (Å²) >= 11 is 0. The fourth-order valence-electron chi connectivity index (χ4n) is 2.16. The Morgan fingerprint density at radius 2 is 1.95 bits per heavy atom. The molecular formula is C18H23N3O. The van der Waals surface area contributed by atoms with E-state index in [0.29, 0.717) is 12.2 Å². The van der Waals surface area contributed by atoms with Crippen LogP contribution in [0.2, 0.25) is 0 Å². The first kappa shape index (κ1) is 16.0. The summed E-state index contributed by atoms with van der Waals surface area (Å²) in [6, 6.07) is 11.7. The van der Waals surface area contributed by atoms with Crippen molar-refractivity contribution in [3.63, 3.8) is 0 Å². The molecule has 22 heavy (non-hydrogen) atoms. The van der Waals surface area contributed by atoms with Gasteiger partial charge in [-0.05, 0) is 45.4 Å². The number of nitrogens with zero attached hydrogens (tertiary/aromatic N) is 1. The normalized spacial score (nSPS) is 11.1. The fourth-order valence-corrected chi connectivity index (χ4v) is 2.16. The summed E-state index contributed by atoms with van der Waals surface area (Å²) in [7, 11) is 0.